The smallest absolute Gasteiger partial charge is 0.0587 e. The first kappa shape index (κ1) is 11.7. The molecule has 0 saturated heterocycles. The largest absolute Gasteiger partial charge is 0.383 e. The average molecular weight is 251 g/mol. The van der Waals surface area contributed by atoms with Crippen molar-refractivity contribution < 1.29 is 4.74 Å². The molecule has 2 aliphatic rings. The monoisotopic (exact) mass is 251 g/mol. The van der Waals surface area contributed by atoms with E-state index < -0.39 is 0 Å². The molecule has 0 bridgehead atoms. The molecule has 0 aliphatic heterocycles. The van der Waals surface area contributed by atoms with Crippen LogP contribution in [0.2, 0.25) is 0 Å². The van der Waals surface area contributed by atoms with Crippen molar-refractivity contribution in [1.29, 1.82) is 0 Å². The van der Waals surface area contributed by atoms with E-state index in [0.29, 0.717) is 5.41 Å². The van der Waals surface area contributed by atoms with Gasteiger partial charge in [-0.05, 0) is 55.2 Å². The van der Waals surface area contributed by atoms with Crippen LogP contribution in [-0.2, 0) is 16.6 Å². The molecule has 2 atom stereocenters. The lowest BCUT2D eigenvalue weighted by molar-refractivity contribution is 0.199. The number of rotatable bonds is 5. The Morgan fingerprint density at radius 1 is 1.59 bits per heavy atom. The van der Waals surface area contributed by atoms with E-state index in [9.17, 15) is 0 Å². The molecule has 1 fully saturated rings. The van der Waals surface area contributed by atoms with E-state index in [4.69, 9.17) is 4.74 Å². The molecule has 2 aliphatic carbocycles. The summed E-state index contributed by atoms with van der Waals surface area (Å²) in [6.45, 7) is 2.97. The van der Waals surface area contributed by atoms with Crippen LogP contribution in [0.5, 0.6) is 0 Å². The first-order valence-electron chi connectivity index (χ1n) is 6.63. The fourth-order valence-corrected chi connectivity index (χ4v) is 4.44. The topological polar surface area (TPSA) is 21.3 Å². The molecule has 2 unspecified atom stereocenters. The van der Waals surface area contributed by atoms with Gasteiger partial charge in [0.1, 0.15) is 0 Å². The molecule has 3 rings (SSSR count). The van der Waals surface area contributed by atoms with Crippen molar-refractivity contribution in [3.05, 3.63) is 21.9 Å². The summed E-state index contributed by atoms with van der Waals surface area (Å²) in [6, 6.07) is 2.38. The number of ether oxygens (including phenoxy) is 1. The Kier molecular flexibility index (Phi) is 3.24. The molecule has 0 amide bonds. The quantitative estimate of drug-likeness (QED) is 0.812. The second-order valence-corrected chi connectivity index (χ2v) is 6.37. The van der Waals surface area contributed by atoms with Gasteiger partial charge in [-0.3, -0.25) is 0 Å². The second kappa shape index (κ2) is 4.71. The van der Waals surface area contributed by atoms with Gasteiger partial charge in [-0.25, -0.2) is 0 Å². The van der Waals surface area contributed by atoms with E-state index in [1.165, 1.54) is 32.2 Å². The van der Waals surface area contributed by atoms with Crippen LogP contribution >= 0.6 is 11.3 Å². The van der Waals surface area contributed by atoms with E-state index in [0.717, 1.165) is 19.1 Å². The summed E-state index contributed by atoms with van der Waals surface area (Å²) in [4.78, 5) is 1.66. The predicted octanol–water partition coefficient (Wildman–Crippen LogP) is 2.58. The molecule has 17 heavy (non-hydrogen) atoms. The van der Waals surface area contributed by atoms with Crippen LogP contribution in [0.1, 0.15) is 29.7 Å². The van der Waals surface area contributed by atoms with Crippen molar-refractivity contribution in [2.45, 2.75) is 31.1 Å². The third-order valence-corrected chi connectivity index (χ3v) is 5.39. The van der Waals surface area contributed by atoms with Gasteiger partial charge in [-0.2, -0.15) is 0 Å². The van der Waals surface area contributed by atoms with Crippen molar-refractivity contribution in [2.24, 2.45) is 5.92 Å². The van der Waals surface area contributed by atoms with Crippen LogP contribution in [0.15, 0.2) is 11.4 Å². The number of fused-ring (bicyclic) bond motifs is 2. The number of hydrogen-bond donors (Lipinski definition) is 1. The highest BCUT2D eigenvalue weighted by molar-refractivity contribution is 7.10. The van der Waals surface area contributed by atoms with Gasteiger partial charge in [0.25, 0.3) is 0 Å². The Bertz CT molecular complexity index is 389. The van der Waals surface area contributed by atoms with E-state index in [1.54, 1.807) is 17.6 Å². The molecular weight excluding hydrogens is 230 g/mol. The fourth-order valence-electron chi connectivity index (χ4n) is 3.41. The summed E-state index contributed by atoms with van der Waals surface area (Å²) in [5.74, 6) is 0.869. The van der Waals surface area contributed by atoms with Gasteiger partial charge in [0.15, 0.2) is 0 Å². The lowest BCUT2D eigenvalue weighted by Gasteiger charge is -2.23. The highest BCUT2D eigenvalue weighted by atomic mass is 32.1. The predicted molar refractivity (Wildman–Crippen MR) is 71.8 cm³/mol. The summed E-state index contributed by atoms with van der Waals surface area (Å²) < 4.78 is 5.06. The maximum atomic E-state index is 5.06. The van der Waals surface area contributed by atoms with Crippen LogP contribution in [0, 0.1) is 5.92 Å². The Balaban J connectivity index is 1.60. The number of thiophene rings is 1. The lowest BCUT2D eigenvalue weighted by atomic mass is 9.83. The molecule has 2 nitrogen and oxygen atoms in total. The summed E-state index contributed by atoms with van der Waals surface area (Å²) in [5, 5.41) is 5.80. The van der Waals surface area contributed by atoms with Crippen molar-refractivity contribution >= 4 is 11.3 Å². The first-order valence-corrected chi connectivity index (χ1v) is 7.51. The van der Waals surface area contributed by atoms with Crippen molar-refractivity contribution in [1.82, 2.24) is 5.32 Å². The van der Waals surface area contributed by atoms with E-state index in [1.807, 2.05) is 11.3 Å². The van der Waals surface area contributed by atoms with Gasteiger partial charge in [-0.1, -0.05) is 0 Å². The summed E-state index contributed by atoms with van der Waals surface area (Å²) in [5.41, 5.74) is 2.25. The van der Waals surface area contributed by atoms with E-state index in [2.05, 4.69) is 16.8 Å². The Labute approximate surface area is 107 Å². The van der Waals surface area contributed by atoms with Gasteiger partial charge in [0.2, 0.25) is 0 Å². The Morgan fingerprint density at radius 3 is 3.41 bits per heavy atom. The standard InChI is InChI=1S/C14H21NOS/c1-16-7-6-15-10-11-9-14(11)5-2-3-13-12(14)4-8-17-13/h4,8,11,15H,2-3,5-7,9-10H2,1H3. The zero-order valence-corrected chi connectivity index (χ0v) is 11.3. The number of nitrogens with one attached hydrogen (secondary N) is 1. The number of aryl methyl sites for hydroxylation is 1. The third-order valence-electron chi connectivity index (χ3n) is 4.41. The van der Waals surface area contributed by atoms with E-state index >= 15 is 0 Å². The van der Waals surface area contributed by atoms with Crippen LogP contribution in [0.3, 0.4) is 0 Å². The average Bonchev–Trinajstić information content (AvgIpc) is 2.80. The molecule has 94 valence electrons. The minimum absolute atomic E-state index is 0.563. The molecule has 1 aromatic heterocycles. The normalized spacial score (nSPS) is 30.5. The van der Waals surface area contributed by atoms with Crippen molar-refractivity contribution in [3.8, 4) is 0 Å². The van der Waals surface area contributed by atoms with Crippen LogP contribution in [0.4, 0.5) is 0 Å². The molecule has 0 radical (unpaired) electrons. The fraction of sp³-hybridized carbons (Fsp3) is 0.714. The summed E-state index contributed by atoms with van der Waals surface area (Å²) in [6.07, 6.45) is 5.52. The number of methoxy groups -OCH3 is 1. The molecule has 0 aromatic carbocycles. The SMILES string of the molecule is COCCNCC1CC12CCCc1sccc12. The molecule has 1 heterocycles. The highest BCUT2D eigenvalue weighted by Gasteiger charge is 2.56. The summed E-state index contributed by atoms with van der Waals surface area (Å²) in [7, 11) is 1.76. The van der Waals surface area contributed by atoms with Crippen LogP contribution < -0.4 is 5.32 Å². The lowest BCUT2D eigenvalue weighted by Crippen LogP contribution is -2.26. The zero-order valence-electron chi connectivity index (χ0n) is 10.5. The third kappa shape index (κ3) is 2.05. The highest BCUT2D eigenvalue weighted by Crippen LogP contribution is 2.60. The number of hydrogen-bond acceptors (Lipinski definition) is 3. The second-order valence-electron chi connectivity index (χ2n) is 5.37. The maximum Gasteiger partial charge on any atom is 0.0587 e. The van der Waals surface area contributed by atoms with Crippen LogP contribution in [0.25, 0.3) is 0 Å². The van der Waals surface area contributed by atoms with Gasteiger partial charge in [0, 0.05) is 23.9 Å². The van der Waals surface area contributed by atoms with Gasteiger partial charge in [0.05, 0.1) is 6.61 Å². The molecule has 1 spiro atoms. The van der Waals surface area contributed by atoms with Crippen LogP contribution in [-0.4, -0.2) is 26.8 Å². The zero-order chi connectivity index (χ0) is 11.7. The minimum atomic E-state index is 0.563. The van der Waals surface area contributed by atoms with Gasteiger partial charge >= 0.3 is 0 Å². The molecule has 1 N–H and O–H groups in total. The van der Waals surface area contributed by atoms with Gasteiger partial charge in [-0.15, -0.1) is 11.3 Å². The first-order chi connectivity index (χ1) is 8.37. The molecular formula is C14H21NOS. The van der Waals surface area contributed by atoms with Gasteiger partial charge < -0.3 is 10.1 Å². The van der Waals surface area contributed by atoms with Crippen molar-refractivity contribution in [3.63, 3.8) is 0 Å². The molecule has 1 aromatic rings. The molecule has 3 heteroatoms. The van der Waals surface area contributed by atoms with Crippen molar-refractivity contribution in [2.75, 3.05) is 26.8 Å². The molecule has 1 saturated carbocycles. The van der Waals surface area contributed by atoms with E-state index in [-0.39, 0.29) is 0 Å². The minimum Gasteiger partial charge on any atom is -0.383 e. The Hall–Kier alpha value is -0.380. The Morgan fingerprint density at radius 2 is 2.53 bits per heavy atom. The summed E-state index contributed by atoms with van der Waals surface area (Å²) >= 11 is 1.96. The maximum absolute atomic E-state index is 5.06.